The van der Waals surface area contributed by atoms with Gasteiger partial charge in [0.25, 0.3) is 5.91 Å². The molecule has 4 rings (SSSR count). The van der Waals surface area contributed by atoms with Crippen molar-refractivity contribution in [3.8, 4) is 23.0 Å². The number of methoxy groups -OCH3 is 2. The second-order valence-electron chi connectivity index (χ2n) is 6.69. The summed E-state index contributed by atoms with van der Waals surface area (Å²) >= 11 is 3.43. The second-order valence-corrected chi connectivity index (χ2v) is 7.60. The van der Waals surface area contributed by atoms with Gasteiger partial charge < -0.3 is 19.2 Å². The normalized spacial score (nSPS) is 10.8. The number of aryl methyl sites for hydroxylation is 1. The van der Waals surface area contributed by atoms with Crippen LogP contribution in [0.1, 0.15) is 15.9 Å². The number of halogens is 1. The first-order valence-corrected chi connectivity index (χ1v) is 9.98. The number of fused-ring (bicyclic) bond motifs is 1. The van der Waals surface area contributed by atoms with E-state index in [4.69, 9.17) is 13.9 Å². The summed E-state index contributed by atoms with van der Waals surface area (Å²) in [6.07, 6.45) is 0. The minimum absolute atomic E-state index is 0.269. The lowest BCUT2D eigenvalue weighted by Gasteiger charge is -2.12. The average Bonchev–Trinajstić information content (AvgIpc) is 3.16. The fraction of sp³-hybridized carbons (Fsp3) is 0.130. The van der Waals surface area contributed by atoms with Crippen LogP contribution in [0.15, 0.2) is 63.5 Å². The molecule has 0 atom stereocenters. The number of carbonyl (C=O) groups excluding carboxylic acids is 1. The van der Waals surface area contributed by atoms with Gasteiger partial charge in [0, 0.05) is 15.7 Å². The van der Waals surface area contributed by atoms with Gasteiger partial charge >= 0.3 is 0 Å². The van der Waals surface area contributed by atoms with E-state index in [1.807, 2.05) is 37.3 Å². The van der Waals surface area contributed by atoms with Crippen LogP contribution in [-0.4, -0.2) is 25.1 Å². The molecule has 1 aromatic heterocycles. The number of nitrogens with one attached hydrogen (secondary N) is 1. The molecule has 7 heteroatoms. The summed E-state index contributed by atoms with van der Waals surface area (Å²) in [6.45, 7) is 1.89. The molecule has 0 aliphatic heterocycles. The van der Waals surface area contributed by atoms with Crippen molar-refractivity contribution in [2.75, 3.05) is 19.5 Å². The van der Waals surface area contributed by atoms with Gasteiger partial charge in [0.15, 0.2) is 5.58 Å². The Morgan fingerprint density at radius 2 is 1.80 bits per heavy atom. The standard InChI is InChI=1S/C23H19BrN2O4/c1-13-10-15(24)11-18(21(13)29-3)22(27)25-16-6-9-20-19(12-16)26-23(30-20)14-4-7-17(28-2)8-5-14/h4-12H,1-3H3,(H,25,27). The van der Waals surface area contributed by atoms with Crippen molar-refractivity contribution < 1.29 is 18.7 Å². The average molecular weight is 467 g/mol. The molecule has 152 valence electrons. The summed E-state index contributed by atoms with van der Waals surface area (Å²) in [5.41, 5.74) is 4.05. The van der Waals surface area contributed by atoms with E-state index >= 15 is 0 Å². The predicted octanol–water partition coefficient (Wildman–Crippen LogP) is 5.84. The molecular formula is C23H19BrN2O4. The number of aromatic nitrogens is 1. The van der Waals surface area contributed by atoms with Crippen molar-refractivity contribution in [1.82, 2.24) is 4.98 Å². The third kappa shape index (κ3) is 3.89. The molecule has 30 heavy (non-hydrogen) atoms. The number of rotatable bonds is 5. The molecule has 0 aliphatic carbocycles. The molecule has 0 spiro atoms. The number of oxazole rings is 1. The van der Waals surface area contributed by atoms with Crippen molar-refractivity contribution in [2.45, 2.75) is 6.92 Å². The number of ether oxygens (including phenoxy) is 2. The maximum atomic E-state index is 12.9. The van der Waals surface area contributed by atoms with Gasteiger partial charge in [0.05, 0.1) is 19.8 Å². The Morgan fingerprint density at radius 1 is 1.03 bits per heavy atom. The summed E-state index contributed by atoms with van der Waals surface area (Å²) in [7, 11) is 3.17. The molecule has 1 heterocycles. The number of carbonyl (C=O) groups is 1. The quantitative estimate of drug-likeness (QED) is 0.400. The van der Waals surface area contributed by atoms with Crippen LogP contribution in [0, 0.1) is 6.92 Å². The van der Waals surface area contributed by atoms with E-state index in [-0.39, 0.29) is 5.91 Å². The SMILES string of the molecule is COc1ccc(-c2nc3cc(NC(=O)c4cc(Br)cc(C)c4OC)ccc3o2)cc1. The predicted molar refractivity (Wildman–Crippen MR) is 119 cm³/mol. The molecule has 0 radical (unpaired) electrons. The Hall–Kier alpha value is -3.32. The van der Waals surface area contributed by atoms with E-state index in [0.717, 1.165) is 21.3 Å². The fourth-order valence-corrected chi connectivity index (χ4v) is 3.80. The molecular weight excluding hydrogens is 448 g/mol. The number of benzene rings is 3. The minimum Gasteiger partial charge on any atom is -0.497 e. The zero-order chi connectivity index (χ0) is 21.3. The summed E-state index contributed by atoms with van der Waals surface area (Å²) in [6, 6.07) is 16.4. The molecule has 4 aromatic rings. The maximum absolute atomic E-state index is 12.9. The lowest BCUT2D eigenvalue weighted by atomic mass is 10.1. The van der Waals surface area contributed by atoms with Crippen molar-refractivity contribution in [3.05, 3.63) is 70.2 Å². The highest BCUT2D eigenvalue weighted by Gasteiger charge is 2.17. The van der Waals surface area contributed by atoms with Gasteiger partial charge in [-0.25, -0.2) is 4.98 Å². The topological polar surface area (TPSA) is 73.6 Å². The van der Waals surface area contributed by atoms with Crippen LogP contribution in [0.5, 0.6) is 11.5 Å². The molecule has 0 unspecified atom stereocenters. The highest BCUT2D eigenvalue weighted by Crippen LogP contribution is 2.30. The fourth-order valence-electron chi connectivity index (χ4n) is 3.23. The van der Waals surface area contributed by atoms with Gasteiger partial charge in [-0.15, -0.1) is 0 Å². The first-order chi connectivity index (χ1) is 14.5. The zero-order valence-corrected chi connectivity index (χ0v) is 18.2. The van der Waals surface area contributed by atoms with Gasteiger partial charge in [0.2, 0.25) is 5.89 Å². The Morgan fingerprint density at radius 3 is 2.50 bits per heavy atom. The van der Waals surface area contributed by atoms with Gasteiger partial charge in [-0.05, 0) is 67.1 Å². The van der Waals surface area contributed by atoms with Crippen LogP contribution in [0.25, 0.3) is 22.6 Å². The Balaban J connectivity index is 1.62. The molecule has 0 aliphatic rings. The molecule has 3 aromatic carbocycles. The number of hydrogen-bond acceptors (Lipinski definition) is 5. The number of nitrogens with zero attached hydrogens (tertiary/aromatic N) is 1. The van der Waals surface area contributed by atoms with Gasteiger partial charge in [-0.3, -0.25) is 4.79 Å². The van der Waals surface area contributed by atoms with E-state index in [9.17, 15) is 4.79 Å². The molecule has 1 amide bonds. The molecule has 0 saturated carbocycles. The van der Waals surface area contributed by atoms with E-state index in [1.165, 1.54) is 0 Å². The second kappa shape index (κ2) is 8.20. The minimum atomic E-state index is -0.269. The van der Waals surface area contributed by atoms with Crippen LogP contribution in [-0.2, 0) is 0 Å². The zero-order valence-electron chi connectivity index (χ0n) is 16.7. The summed E-state index contributed by atoms with van der Waals surface area (Å²) in [5, 5.41) is 2.91. The summed E-state index contributed by atoms with van der Waals surface area (Å²) in [4.78, 5) is 17.4. The van der Waals surface area contributed by atoms with Crippen LogP contribution in [0.3, 0.4) is 0 Å². The van der Waals surface area contributed by atoms with Gasteiger partial charge in [0.1, 0.15) is 17.0 Å². The van der Waals surface area contributed by atoms with Crippen LogP contribution < -0.4 is 14.8 Å². The highest BCUT2D eigenvalue weighted by atomic mass is 79.9. The number of hydrogen-bond donors (Lipinski definition) is 1. The maximum Gasteiger partial charge on any atom is 0.259 e. The van der Waals surface area contributed by atoms with Gasteiger partial charge in [-0.2, -0.15) is 0 Å². The smallest absolute Gasteiger partial charge is 0.259 e. The van der Waals surface area contributed by atoms with Crippen molar-refractivity contribution >= 4 is 38.6 Å². The van der Waals surface area contributed by atoms with Crippen LogP contribution in [0.4, 0.5) is 5.69 Å². The first-order valence-electron chi connectivity index (χ1n) is 9.19. The summed E-state index contributed by atoms with van der Waals surface area (Å²) in [5.74, 6) is 1.54. The monoisotopic (exact) mass is 466 g/mol. The first kappa shape index (κ1) is 20.0. The third-order valence-corrected chi connectivity index (χ3v) is 5.13. The third-order valence-electron chi connectivity index (χ3n) is 4.67. The van der Waals surface area contributed by atoms with E-state index in [2.05, 4.69) is 26.2 Å². The summed E-state index contributed by atoms with van der Waals surface area (Å²) < 4.78 is 17.2. The number of anilines is 1. The largest absolute Gasteiger partial charge is 0.497 e. The van der Waals surface area contributed by atoms with Gasteiger partial charge in [-0.1, -0.05) is 15.9 Å². The van der Waals surface area contributed by atoms with E-state index < -0.39 is 0 Å². The van der Waals surface area contributed by atoms with Crippen molar-refractivity contribution in [1.29, 1.82) is 0 Å². The van der Waals surface area contributed by atoms with Crippen molar-refractivity contribution in [3.63, 3.8) is 0 Å². The Kier molecular flexibility index (Phi) is 5.46. The molecule has 1 N–H and O–H groups in total. The van der Waals surface area contributed by atoms with Crippen molar-refractivity contribution in [2.24, 2.45) is 0 Å². The lowest BCUT2D eigenvalue weighted by molar-refractivity contribution is 0.102. The Bertz CT molecular complexity index is 1230. The lowest BCUT2D eigenvalue weighted by Crippen LogP contribution is -2.13. The van der Waals surface area contributed by atoms with E-state index in [0.29, 0.717) is 34.0 Å². The molecule has 0 fully saturated rings. The van der Waals surface area contributed by atoms with E-state index in [1.54, 1.807) is 38.5 Å². The van der Waals surface area contributed by atoms with Crippen LogP contribution in [0.2, 0.25) is 0 Å². The Labute approximate surface area is 182 Å². The molecule has 0 bridgehead atoms. The molecule has 0 saturated heterocycles. The highest BCUT2D eigenvalue weighted by molar-refractivity contribution is 9.10. The van der Waals surface area contributed by atoms with Crippen LogP contribution >= 0.6 is 15.9 Å². The molecule has 6 nitrogen and oxygen atoms in total. The number of amides is 1.